The monoisotopic (exact) mass is 209 g/mol. The molecule has 3 heteroatoms. The highest BCUT2D eigenvalue weighted by Gasteiger charge is 2.05. The van der Waals surface area contributed by atoms with Crippen molar-refractivity contribution in [3.8, 4) is 5.75 Å². The highest BCUT2D eigenvalue weighted by molar-refractivity contribution is 5.28. The third-order valence-electron chi connectivity index (χ3n) is 2.10. The fraction of sp³-hybridized carbons (Fsp3) is 0.500. The highest BCUT2D eigenvalue weighted by atomic mass is 16.7. The van der Waals surface area contributed by atoms with E-state index in [9.17, 15) is 0 Å². The lowest BCUT2D eigenvalue weighted by molar-refractivity contribution is -0.0232. The van der Waals surface area contributed by atoms with Gasteiger partial charge in [0.05, 0.1) is 19.3 Å². The molecule has 3 nitrogen and oxygen atoms in total. The van der Waals surface area contributed by atoms with Gasteiger partial charge in [0.25, 0.3) is 0 Å². The van der Waals surface area contributed by atoms with Crippen LogP contribution in [0.4, 0.5) is 0 Å². The zero-order valence-corrected chi connectivity index (χ0v) is 9.78. The van der Waals surface area contributed by atoms with Gasteiger partial charge in [-0.1, -0.05) is 12.1 Å². The summed E-state index contributed by atoms with van der Waals surface area (Å²) >= 11 is 0. The number of ether oxygens (including phenoxy) is 1. The topological polar surface area (TPSA) is 30.5 Å². The first-order chi connectivity index (χ1) is 7.13. The van der Waals surface area contributed by atoms with Crippen molar-refractivity contribution in [2.24, 2.45) is 0 Å². The van der Waals surface area contributed by atoms with E-state index in [4.69, 9.17) is 9.57 Å². The fourth-order valence-corrected chi connectivity index (χ4v) is 1.20. The molecule has 0 aliphatic rings. The number of hydroxylamine groups is 1. The Bertz CT molecular complexity index is 282. The summed E-state index contributed by atoms with van der Waals surface area (Å²) < 4.78 is 5.10. The molecule has 1 aromatic rings. The molecule has 1 atom stereocenters. The molecule has 1 rings (SSSR count). The second-order valence-electron chi connectivity index (χ2n) is 3.78. The molecule has 1 unspecified atom stereocenters. The standard InChI is InChI=1S/C12H19NO2/c1-9(2)15-13-10(3)11-5-7-12(14-4)8-6-11/h5-10,13H,1-4H3. The van der Waals surface area contributed by atoms with E-state index in [0.717, 1.165) is 5.75 Å². The molecule has 0 spiro atoms. The van der Waals surface area contributed by atoms with Crippen LogP contribution in [0.15, 0.2) is 24.3 Å². The summed E-state index contributed by atoms with van der Waals surface area (Å²) in [6, 6.07) is 8.13. The molecule has 0 aliphatic heterocycles. The first-order valence-corrected chi connectivity index (χ1v) is 5.18. The third kappa shape index (κ3) is 3.90. The Labute approximate surface area is 91.4 Å². The maximum atomic E-state index is 5.33. The Hall–Kier alpha value is -1.06. The molecule has 0 saturated heterocycles. The van der Waals surface area contributed by atoms with E-state index in [1.54, 1.807) is 7.11 Å². The number of benzene rings is 1. The van der Waals surface area contributed by atoms with Crippen LogP contribution in [-0.4, -0.2) is 13.2 Å². The molecule has 0 aromatic heterocycles. The largest absolute Gasteiger partial charge is 0.497 e. The van der Waals surface area contributed by atoms with Crippen LogP contribution in [0.25, 0.3) is 0 Å². The number of hydrogen-bond donors (Lipinski definition) is 1. The van der Waals surface area contributed by atoms with E-state index < -0.39 is 0 Å². The SMILES string of the molecule is COc1ccc(C(C)NOC(C)C)cc1. The van der Waals surface area contributed by atoms with Gasteiger partial charge < -0.3 is 4.74 Å². The zero-order valence-electron chi connectivity index (χ0n) is 9.78. The predicted molar refractivity (Wildman–Crippen MR) is 60.8 cm³/mol. The second-order valence-corrected chi connectivity index (χ2v) is 3.78. The molecule has 0 bridgehead atoms. The molecule has 0 fully saturated rings. The first kappa shape index (κ1) is 12.0. The van der Waals surface area contributed by atoms with Gasteiger partial charge in [-0.05, 0) is 38.5 Å². The summed E-state index contributed by atoms with van der Waals surface area (Å²) in [5.74, 6) is 0.871. The van der Waals surface area contributed by atoms with Gasteiger partial charge in [0.1, 0.15) is 5.75 Å². The lowest BCUT2D eigenvalue weighted by atomic mass is 10.1. The van der Waals surface area contributed by atoms with Crippen molar-refractivity contribution in [2.75, 3.05) is 7.11 Å². The zero-order chi connectivity index (χ0) is 11.3. The number of rotatable bonds is 5. The molecule has 1 N–H and O–H groups in total. The van der Waals surface area contributed by atoms with Crippen LogP contribution in [0.1, 0.15) is 32.4 Å². The molecule has 0 heterocycles. The van der Waals surface area contributed by atoms with Gasteiger partial charge in [0.2, 0.25) is 0 Å². The maximum absolute atomic E-state index is 5.33. The van der Waals surface area contributed by atoms with Crippen molar-refractivity contribution < 1.29 is 9.57 Å². The van der Waals surface area contributed by atoms with Crippen LogP contribution in [0, 0.1) is 0 Å². The molecule has 0 aliphatic carbocycles. The summed E-state index contributed by atoms with van der Waals surface area (Å²) in [6.45, 7) is 6.05. The maximum Gasteiger partial charge on any atom is 0.118 e. The summed E-state index contributed by atoms with van der Waals surface area (Å²) in [5.41, 5.74) is 4.17. The van der Waals surface area contributed by atoms with E-state index in [-0.39, 0.29) is 12.1 Å². The van der Waals surface area contributed by atoms with Crippen molar-refractivity contribution >= 4 is 0 Å². The lowest BCUT2D eigenvalue weighted by Crippen LogP contribution is -2.22. The smallest absolute Gasteiger partial charge is 0.118 e. The number of nitrogens with one attached hydrogen (secondary N) is 1. The van der Waals surface area contributed by atoms with Crippen LogP contribution < -0.4 is 10.2 Å². The Morgan fingerprint density at radius 3 is 2.13 bits per heavy atom. The summed E-state index contributed by atoms with van der Waals surface area (Å²) in [6.07, 6.45) is 0.186. The van der Waals surface area contributed by atoms with E-state index in [0.29, 0.717) is 0 Å². The van der Waals surface area contributed by atoms with Gasteiger partial charge in [0.15, 0.2) is 0 Å². The summed E-state index contributed by atoms with van der Waals surface area (Å²) in [5, 5.41) is 0. The van der Waals surface area contributed by atoms with Crippen LogP contribution >= 0.6 is 0 Å². The molecule has 15 heavy (non-hydrogen) atoms. The minimum atomic E-state index is 0.179. The minimum Gasteiger partial charge on any atom is -0.497 e. The van der Waals surface area contributed by atoms with Gasteiger partial charge in [-0.15, -0.1) is 0 Å². The number of methoxy groups -OCH3 is 1. The van der Waals surface area contributed by atoms with Crippen molar-refractivity contribution in [1.82, 2.24) is 5.48 Å². The van der Waals surface area contributed by atoms with Gasteiger partial charge >= 0.3 is 0 Å². The highest BCUT2D eigenvalue weighted by Crippen LogP contribution is 2.17. The molecule has 84 valence electrons. The molecule has 0 radical (unpaired) electrons. The summed E-state index contributed by atoms with van der Waals surface area (Å²) in [7, 11) is 1.67. The normalized spacial score (nSPS) is 12.9. The Morgan fingerprint density at radius 1 is 1.07 bits per heavy atom. The molecular formula is C12H19NO2. The Kier molecular flexibility index (Phi) is 4.59. The van der Waals surface area contributed by atoms with Crippen LogP contribution in [0.3, 0.4) is 0 Å². The van der Waals surface area contributed by atoms with Gasteiger partial charge in [-0.2, -0.15) is 5.48 Å². The van der Waals surface area contributed by atoms with Crippen LogP contribution in [-0.2, 0) is 4.84 Å². The molecule has 0 saturated carbocycles. The summed E-state index contributed by atoms with van der Waals surface area (Å²) in [4.78, 5) is 5.33. The van der Waals surface area contributed by atoms with Crippen LogP contribution in [0.2, 0.25) is 0 Å². The average molecular weight is 209 g/mol. The Balaban J connectivity index is 2.54. The average Bonchev–Trinajstić information content (AvgIpc) is 2.26. The van der Waals surface area contributed by atoms with E-state index >= 15 is 0 Å². The van der Waals surface area contributed by atoms with Crippen molar-refractivity contribution in [3.05, 3.63) is 29.8 Å². The van der Waals surface area contributed by atoms with Gasteiger partial charge in [0, 0.05) is 0 Å². The molecule has 1 aromatic carbocycles. The lowest BCUT2D eigenvalue weighted by Gasteiger charge is -2.16. The minimum absolute atomic E-state index is 0.179. The van der Waals surface area contributed by atoms with E-state index in [1.165, 1.54) is 5.56 Å². The fourth-order valence-electron chi connectivity index (χ4n) is 1.20. The quantitative estimate of drug-likeness (QED) is 0.756. The second kappa shape index (κ2) is 5.73. The van der Waals surface area contributed by atoms with Gasteiger partial charge in [-0.25, -0.2) is 0 Å². The van der Waals surface area contributed by atoms with Gasteiger partial charge in [-0.3, -0.25) is 4.84 Å². The van der Waals surface area contributed by atoms with Crippen molar-refractivity contribution in [2.45, 2.75) is 32.9 Å². The van der Waals surface area contributed by atoms with E-state index in [2.05, 4.69) is 12.4 Å². The third-order valence-corrected chi connectivity index (χ3v) is 2.10. The van der Waals surface area contributed by atoms with E-state index in [1.807, 2.05) is 38.1 Å². The molecule has 0 amide bonds. The Morgan fingerprint density at radius 2 is 1.67 bits per heavy atom. The van der Waals surface area contributed by atoms with Crippen molar-refractivity contribution in [3.63, 3.8) is 0 Å². The van der Waals surface area contributed by atoms with Crippen LogP contribution in [0.5, 0.6) is 5.75 Å². The predicted octanol–water partition coefficient (Wildman–Crippen LogP) is 2.69. The van der Waals surface area contributed by atoms with Crippen molar-refractivity contribution in [1.29, 1.82) is 0 Å². The number of hydrogen-bond acceptors (Lipinski definition) is 3. The first-order valence-electron chi connectivity index (χ1n) is 5.18. The molecular weight excluding hydrogens is 190 g/mol.